The van der Waals surface area contributed by atoms with E-state index in [1.54, 1.807) is 19.1 Å². The molecule has 0 radical (unpaired) electrons. The van der Waals surface area contributed by atoms with Crippen LogP contribution in [0.2, 0.25) is 5.02 Å². The highest BCUT2D eigenvalue weighted by Crippen LogP contribution is 2.40. The number of allylic oxidation sites excluding steroid dienone is 1. The molecule has 2 aliphatic heterocycles. The van der Waals surface area contributed by atoms with Gasteiger partial charge in [-0.05, 0) is 73.4 Å². The van der Waals surface area contributed by atoms with Crippen LogP contribution in [0.4, 0.5) is 23.2 Å². The van der Waals surface area contributed by atoms with E-state index in [1.807, 2.05) is 0 Å². The number of halogens is 5. The van der Waals surface area contributed by atoms with Crippen molar-refractivity contribution < 1.29 is 45.4 Å². The van der Waals surface area contributed by atoms with Crippen molar-refractivity contribution in [3.8, 4) is 5.75 Å². The molecule has 0 spiro atoms. The first-order valence-corrected chi connectivity index (χ1v) is 16.1. The molecule has 1 amide bonds. The number of carbonyl (C=O) groups is 2. The fourth-order valence-corrected chi connectivity index (χ4v) is 7.44. The van der Waals surface area contributed by atoms with Gasteiger partial charge in [-0.2, -0.15) is 13.2 Å². The fourth-order valence-electron chi connectivity index (χ4n) is 5.58. The van der Waals surface area contributed by atoms with Gasteiger partial charge in [-0.25, -0.2) is 12.8 Å². The summed E-state index contributed by atoms with van der Waals surface area (Å²) in [5.41, 5.74) is -0.0490. The summed E-state index contributed by atoms with van der Waals surface area (Å²) < 4.78 is 90.0. The highest BCUT2D eigenvalue weighted by molar-refractivity contribution is 7.92. The molecule has 3 aromatic carbocycles. The van der Waals surface area contributed by atoms with Crippen LogP contribution in [0.1, 0.15) is 42.9 Å². The predicted octanol–water partition coefficient (Wildman–Crippen LogP) is 6.73. The molecule has 46 heavy (non-hydrogen) atoms. The van der Waals surface area contributed by atoms with Crippen LogP contribution in [0.5, 0.6) is 5.75 Å². The molecule has 2 heterocycles. The van der Waals surface area contributed by atoms with Gasteiger partial charge in [0.1, 0.15) is 17.7 Å². The van der Waals surface area contributed by atoms with Crippen LogP contribution in [0.25, 0.3) is 11.6 Å². The third kappa shape index (κ3) is 7.00. The molecule has 0 saturated carbocycles. The maximum Gasteiger partial charge on any atom is 0.416 e. The molecule has 1 N–H and O–H groups in total. The molecule has 3 aromatic rings. The van der Waals surface area contributed by atoms with E-state index in [9.17, 15) is 40.7 Å². The molecule has 1 saturated heterocycles. The minimum absolute atomic E-state index is 0.0463. The van der Waals surface area contributed by atoms with E-state index in [4.69, 9.17) is 16.3 Å². The van der Waals surface area contributed by atoms with Crippen LogP contribution in [-0.2, 0) is 25.8 Å². The minimum atomic E-state index is -4.78. The number of fused-ring (bicyclic) bond motifs is 1. The Labute approximate surface area is 267 Å². The lowest BCUT2D eigenvalue weighted by molar-refractivity contribution is -0.141. The lowest BCUT2D eigenvalue weighted by Gasteiger charge is -2.36. The third-order valence-electron chi connectivity index (χ3n) is 7.97. The maximum atomic E-state index is 14.6. The largest absolute Gasteiger partial charge is 0.486 e. The number of likely N-dealkylation sites (tertiary alicyclic amines) is 1. The number of benzene rings is 3. The van der Waals surface area contributed by atoms with Crippen molar-refractivity contribution in [3.05, 3.63) is 88.2 Å². The molecule has 2 unspecified atom stereocenters. The molecule has 2 aliphatic rings. The van der Waals surface area contributed by atoms with Crippen molar-refractivity contribution in [1.29, 1.82) is 0 Å². The molecule has 8 nitrogen and oxygen atoms in total. The molecule has 244 valence electrons. The maximum absolute atomic E-state index is 14.6. The van der Waals surface area contributed by atoms with Gasteiger partial charge < -0.3 is 14.7 Å². The molecule has 0 bridgehead atoms. The summed E-state index contributed by atoms with van der Waals surface area (Å²) in [6.45, 7) is 1.67. The van der Waals surface area contributed by atoms with E-state index in [-0.39, 0.29) is 60.4 Å². The zero-order valence-electron chi connectivity index (χ0n) is 24.4. The number of carbonyl (C=O) groups excluding carboxylic acids is 1. The number of carboxylic acid groups (broad SMARTS) is 1. The van der Waals surface area contributed by atoms with Gasteiger partial charge >= 0.3 is 12.1 Å². The van der Waals surface area contributed by atoms with Gasteiger partial charge in [-0.3, -0.25) is 13.9 Å². The zero-order chi connectivity index (χ0) is 33.4. The minimum Gasteiger partial charge on any atom is -0.486 e. The SMILES string of the molecule is CC(=Cc1ccc2c(c1)N(S(=O)(=O)c1cccc(C(F)(F)F)c1)CC(CCC(=O)N1CCC(C(=O)O)C1)O2)c1c(F)cccc1Cl. The van der Waals surface area contributed by atoms with Gasteiger partial charge in [-0.1, -0.05) is 35.9 Å². The Morgan fingerprint density at radius 2 is 1.83 bits per heavy atom. The Morgan fingerprint density at radius 3 is 2.50 bits per heavy atom. The van der Waals surface area contributed by atoms with Gasteiger partial charge in [0.2, 0.25) is 5.91 Å². The predicted molar refractivity (Wildman–Crippen MR) is 163 cm³/mol. The number of carboxylic acids is 1. The van der Waals surface area contributed by atoms with Gasteiger partial charge in [0, 0.05) is 25.1 Å². The van der Waals surface area contributed by atoms with Gasteiger partial charge in [0.15, 0.2) is 0 Å². The molecular weight excluding hydrogens is 652 g/mol. The van der Waals surface area contributed by atoms with Crippen molar-refractivity contribution >= 4 is 50.8 Å². The average Bonchev–Trinajstić information content (AvgIpc) is 3.50. The van der Waals surface area contributed by atoms with E-state index in [2.05, 4.69) is 0 Å². The second-order valence-electron chi connectivity index (χ2n) is 11.2. The Bertz CT molecular complexity index is 1790. The van der Waals surface area contributed by atoms with Crippen LogP contribution in [0, 0.1) is 11.7 Å². The first kappa shape index (κ1) is 33.3. The first-order valence-electron chi connectivity index (χ1n) is 14.3. The number of alkyl halides is 3. The molecule has 1 fully saturated rings. The molecular formula is C32H29ClF4N2O6S. The number of aliphatic carboxylic acids is 1. The number of hydrogen-bond acceptors (Lipinski definition) is 5. The highest BCUT2D eigenvalue weighted by Gasteiger charge is 2.38. The Morgan fingerprint density at radius 1 is 1.09 bits per heavy atom. The summed E-state index contributed by atoms with van der Waals surface area (Å²) in [6.07, 6.45) is -3.71. The van der Waals surface area contributed by atoms with Crippen LogP contribution in [0.15, 0.2) is 65.6 Å². The lowest BCUT2D eigenvalue weighted by atomic mass is 10.0. The number of amides is 1. The summed E-state index contributed by atoms with van der Waals surface area (Å²) in [6, 6.07) is 12.2. The van der Waals surface area contributed by atoms with Crippen molar-refractivity contribution in [2.75, 3.05) is 23.9 Å². The van der Waals surface area contributed by atoms with E-state index < -0.39 is 50.5 Å². The van der Waals surface area contributed by atoms with Crippen LogP contribution in [0.3, 0.4) is 0 Å². The lowest BCUT2D eigenvalue weighted by Crippen LogP contribution is -2.44. The number of hydrogen-bond donors (Lipinski definition) is 1. The van der Waals surface area contributed by atoms with Crippen molar-refractivity contribution in [3.63, 3.8) is 0 Å². The normalized spacial score (nSPS) is 18.7. The Kier molecular flexibility index (Phi) is 9.37. The summed E-state index contributed by atoms with van der Waals surface area (Å²) in [4.78, 5) is 25.0. The summed E-state index contributed by atoms with van der Waals surface area (Å²) in [5, 5.41) is 9.42. The van der Waals surface area contributed by atoms with E-state index in [1.165, 1.54) is 35.2 Å². The van der Waals surface area contributed by atoms with Gasteiger partial charge in [0.25, 0.3) is 10.0 Å². The molecule has 0 aliphatic carbocycles. The number of anilines is 1. The summed E-state index contributed by atoms with van der Waals surface area (Å²) in [5.74, 6) is -2.39. The first-order chi connectivity index (χ1) is 21.6. The van der Waals surface area contributed by atoms with Gasteiger partial charge in [0.05, 0.1) is 33.6 Å². The average molecular weight is 681 g/mol. The van der Waals surface area contributed by atoms with Crippen LogP contribution >= 0.6 is 11.6 Å². The van der Waals surface area contributed by atoms with Gasteiger partial charge in [-0.15, -0.1) is 0 Å². The molecule has 0 aromatic heterocycles. The fraction of sp³-hybridized carbons (Fsp3) is 0.312. The molecule has 14 heteroatoms. The quantitative estimate of drug-likeness (QED) is 0.209. The summed E-state index contributed by atoms with van der Waals surface area (Å²) in [7, 11) is -4.58. The third-order valence-corrected chi connectivity index (χ3v) is 10.1. The second kappa shape index (κ2) is 13.0. The van der Waals surface area contributed by atoms with E-state index >= 15 is 0 Å². The molecule has 5 rings (SSSR count). The Balaban J connectivity index is 1.48. The molecule has 2 atom stereocenters. The standard InChI is InChI=1S/C32H29ClF4N2O6S/c1-19(30-25(33)6-3-7-26(30)34)14-20-8-10-28-27(15-20)39(46(43,44)24-5-2-4-22(16-24)32(35,36)37)18-23(45-28)9-11-29(40)38-13-12-21(17-38)31(41)42/h2-8,10,14-16,21,23H,9,11-13,17-18H2,1H3,(H,41,42). The number of sulfonamides is 1. The van der Waals surface area contributed by atoms with E-state index in [0.29, 0.717) is 23.6 Å². The van der Waals surface area contributed by atoms with Crippen molar-refractivity contribution in [2.45, 2.75) is 43.4 Å². The number of rotatable bonds is 8. The van der Waals surface area contributed by atoms with Crippen molar-refractivity contribution in [1.82, 2.24) is 4.90 Å². The van der Waals surface area contributed by atoms with Crippen LogP contribution < -0.4 is 9.04 Å². The monoisotopic (exact) mass is 680 g/mol. The van der Waals surface area contributed by atoms with Crippen molar-refractivity contribution in [2.24, 2.45) is 5.92 Å². The topological polar surface area (TPSA) is 104 Å². The van der Waals surface area contributed by atoms with E-state index in [0.717, 1.165) is 22.5 Å². The summed E-state index contributed by atoms with van der Waals surface area (Å²) >= 11 is 6.21. The smallest absolute Gasteiger partial charge is 0.416 e. The van der Waals surface area contributed by atoms with Crippen LogP contribution in [-0.4, -0.2) is 56.0 Å². The number of ether oxygens (including phenoxy) is 1. The highest BCUT2D eigenvalue weighted by atomic mass is 35.5. The zero-order valence-corrected chi connectivity index (χ0v) is 26.0. The Hall–Kier alpha value is -4.10. The second-order valence-corrected chi connectivity index (χ2v) is 13.4. The number of nitrogens with zero attached hydrogens (tertiary/aromatic N) is 2.